The summed E-state index contributed by atoms with van der Waals surface area (Å²) in [6.45, 7) is 8.48. The molecule has 1 heterocycles. The van der Waals surface area contributed by atoms with Crippen LogP contribution >= 0.6 is 0 Å². The van der Waals surface area contributed by atoms with Crippen molar-refractivity contribution in [3.05, 3.63) is 59.9 Å². The van der Waals surface area contributed by atoms with Gasteiger partial charge in [-0.1, -0.05) is 32.9 Å². The van der Waals surface area contributed by atoms with E-state index < -0.39 is 0 Å². The Labute approximate surface area is 172 Å². The van der Waals surface area contributed by atoms with Crippen molar-refractivity contribution in [2.45, 2.75) is 33.1 Å². The number of nitrogens with one attached hydrogen (secondary N) is 2. The van der Waals surface area contributed by atoms with Gasteiger partial charge in [0.15, 0.2) is 11.5 Å². The predicted molar refractivity (Wildman–Crippen MR) is 118 cm³/mol. The summed E-state index contributed by atoms with van der Waals surface area (Å²) in [5, 5.41) is 6.65. The molecule has 0 aliphatic heterocycles. The second kappa shape index (κ2) is 8.39. The summed E-state index contributed by atoms with van der Waals surface area (Å²) in [4.78, 5) is 8.98. The molecule has 3 aromatic rings. The molecule has 0 atom stereocenters. The Balaban J connectivity index is 1.79. The molecular formula is C23H28N4O2. The van der Waals surface area contributed by atoms with Crippen molar-refractivity contribution in [1.82, 2.24) is 9.97 Å². The van der Waals surface area contributed by atoms with Crippen LogP contribution in [0.5, 0.6) is 11.5 Å². The molecular weight excluding hydrogens is 364 g/mol. The van der Waals surface area contributed by atoms with Crippen LogP contribution in [0.2, 0.25) is 0 Å². The Hall–Kier alpha value is -3.28. The standard InChI is InChI=1S/C23H28N4O2/c1-15-24-21(26-17-9-7-16(8-10-17)23(2,3)4)14-22(25-15)27-18-11-12-19(28-5)20(13-18)29-6/h7-14H,1-6H3,(H2,24,25,26,27). The molecule has 0 bridgehead atoms. The molecule has 0 saturated heterocycles. The summed E-state index contributed by atoms with van der Waals surface area (Å²) in [5.74, 6) is 3.42. The molecule has 0 aliphatic carbocycles. The molecule has 1 aromatic heterocycles. The molecule has 6 heteroatoms. The molecule has 152 valence electrons. The lowest BCUT2D eigenvalue weighted by Gasteiger charge is -2.19. The average Bonchev–Trinajstić information content (AvgIpc) is 2.67. The van der Waals surface area contributed by atoms with Crippen molar-refractivity contribution in [3.8, 4) is 11.5 Å². The SMILES string of the molecule is COc1ccc(Nc2cc(Nc3ccc(C(C)(C)C)cc3)nc(C)n2)cc1OC. The first-order valence-electron chi connectivity index (χ1n) is 9.51. The minimum Gasteiger partial charge on any atom is -0.493 e. The highest BCUT2D eigenvalue weighted by Gasteiger charge is 2.13. The normalized spacial score (nSPS) is 11.1. The van der Waals surface area contributed by atoms with E-state index in [-0.39, 0.29) is 5.41 Å². The summed E-state index contributed by atoms with van der Waals surface area (Å²) < 4.78 is 10.7. The molecule has 0 aliphatic rings. The zero-order valence-electron chi connectivity index (χ0n) is 17.8. The van der Waals surface area contributed by atoms with Crippen LogP contribution in [-0.4, -0.2) is 24.2 Å². The number of methoxy groups -OCH3 is 2. The lowest BCUT2D eigenvalue weighted by molar-refractivity contribution is 0.355. The number of benzene rings is 2. The first kappa shape index (κ1) is 20.5. The molecule has 29 heavy (non-hydrogen) atoms. The van der Waals surface area contributed by atoms with Crippen LogP contribution in [0.3, 0.4) is 0 Å². The van der Waals surface area contributed by atoms with Crippen LogP contribution in [0.15, 0.2) is 48.5 Å². The number of ether oxygens (including phenoxy) is 2. The van der Waals surface area contributed by atoms with E-state index in [1.54, 1.807) is 14.2 Å². The zero-order valence-corrected chi connectivity index (χ0v) is 17.8. The summed E-state index contributed by atoms with van der Waals surface area (Å²) in [5.41, 5.74) is 3.24. The van der Waals surface area contributed by atoms with E-state index in [1.807, 2.05) is 31.2 Å². The molecule has 0 amide bonds. The Morgan fingerprint density at radius 1 is 0.724 bits per heavy atom. The van der Waals surface area contributed by atoms with Crippen LogP contribution < -0.4 is 20.1 Å². The fraction of sp³-hybridized carbons (Fsp3) is 0.304. The van der Waals surface area contributed by atoms with Gasteiger partial charge in [0.05, 0.1) is 14.2 Å². The second-order valence-electron chi connectivity index (χ2n) is 7.83. The van der Waals surface area contributed by atoms with Gasteiger partial charge in [-0.3, -0.25) is 0 Å². The fourth-order valence-electron chi connectivity index (χ4n) is 2.96. The molecule has 0 saturated carbocycles. The average molecular weight is 393 g/mol. The van der Waals surface area contributed by atoms with Crippen molar-refractivity contribution >= 4 is 23.0 Å². The monoisotopic (exact) mass is 392 g/mol. The van der Waals surface area contributed by atoms with Gasteiger partial charge in [-0.05, 0) is 42.2 Å². The van der Waals surface area contributed by atoms with Crippen molar-refractivity contribution < 1.29 is 9.47 Å². The Kier molecular flexibility index (Phi) is 5.92. The smallest absolute Gasteiger partial charge is 0.162 e. The van der Waals surface area contributed by atoms with Crippen molar-refractivity contribution in [3.63, 3.8) is 0 Å². The Bertz CT molecular complexity index is 979. The molecule has 2 aromatic carbocycles. The maximum absolute atomic E-state index is 5.36. The summed E-state index contributed by atoms with van der Waals surface area (Å²) >= 11 is 0. The molecule has 0 radical (unpaired) electrons. The van der Waals surface area contributed by atoms with E-state index in [1.165, 1.54) is 5.56 Å². The number of hydrogen-bond acceptors (Lipinski definition) is 6. The van der Waals surface area contributed by atoms with Crippen LogP contribution in [0.4, 0.5) is 23.0 Å². The fourth-order valence-corrected chi connectivity index (χ4v) is 2.96. The van der Waals surface area contributed by atoms with E-state index >= 15 is 0 Å². The Morgan fingerprint density at radius 3 is 1.83 bits per heavy atom. The highest BCUT2D eigenvalue weighted by atomic mass is 16.5. The van der Waals surface area contributed by atoms with E-state index in [0.29, 0.717) is 23.1 Å². The number of aromatic nitrogens is 2. The molecule has 0 spiro atoms. The number of nitrogens with zero attached hydrogens (tertiary/aromatic N) is 2. The van der Waals surface area contributed by atoms with Crippen molar-refractivity contribution in [1.29, 1.82) is 0 Å². The first-order chi connectivity index (χ1) is 13.8. The van der Waals surface area contributed by atoms with Gasteiger partial charge < -0.3 is 20.1 Å². The quantitative estimate of drug-likeness (QED) is 0.570. The second-order valence-corrected chi connectivity index (χ2v) is 7.83. The van der Waals surface area contributed by atoms with E-state index in [2.05, 4.69) is 65.6 Å². The first-order valence-corrected chi connectivity index (χ1v) is 9.51. The summed E-state index contributed by atoms with van der Waals surface area (Å²) in [6.07, 6.45) is 0. The van der Waals surface area contributed by atoms with Gasteiger partial charge in [-0.15, -0.1) is 0 Å². The lowest BCUT2D eigenvalue weighted by atomic mass is 9.87. The van der Waals surface area contributed by atoms with E-state index in [4.69, 9.17) is 9.47 Å². The minimum absolute atomic E-state index is 0.126. The van der Waals surface area contributed by atoms with Gasteiger partial charge in [0.25, 0.3) is 0 Å². The maximum Gasteiger partial charge on any atom is 0.162 e. The van der Waals surface area contributed by atoms with Crippen LogP contribution in [0, 0.1) is 6.92 Å². The summed E-state index contributed by atoms with van der Waals surface area (Å²) in [6, 6.07) is 15.9. The van der Waals surface area contributed by atoms with Gasteiger partial charge in [0.1, 0.15) is 17.5 Å². The third-order valence-electron chi connectivity index (χ3n) is 4.52. The lowest BCUT2D eigenvalue weighted by Crippen LogP contribution is -2.10. The molecule has 6 nitrogen and oxygen atoms in total. The number of hydrogen-bond donors (Lipinski definition) is 2. The maximum atomic E-state index is 5.36. The van der Waals surface area contributed by atoms with Crippen LogP contribution in [0.25, 0.3) is 0 Å². The predicted octanol–water partition coefficient (Wildman–Crippen LogP) is 5.59. The van der Waals surface area contributed by atoms with Crippen molar-refractivity contribution in [2.24, 2.45) is 0 Å². The molecule has 0 fully saturated rings. The number of anilines is 4. The van der Waals surface area contributed by atoms with E-state index in [9.17, 15) is 0 Å². The van der Waals surface area contributed by atoms with Crippen LogP contribution in [0.1, 0.15) is 32.2 Å². The molecule has 0 unspecified atom stereocenters. The largest absolute Gasteiger partial charge is 0.493 e. The highest BCUT2D eigenvalue weighted by molar-refractivity contribution is 5.65. The highest BCUT2D eigenvalue weighted by Crippen LogP contribution is 2.31. The van der Waals surface area contributed by atoms with Crippen molar-refractivity contribution in [2.75, 3.05) is 24.9 Å². The zero-order chi connectivity index (χ0) is 21.0. The summed E-state index contributed by atoms with van der Waals surface area (Å²) in [7, 11) is 3.23. The third kappa shape index (κ3) is 5.16. The van der Waals surface area contributed by atoms with Gasteiger partial charge in [0.2, 0.25) is 0 Å². The van der Waals surface area contributed by atoms with Gasteiger partial charge in [-0.2, -0.15) is 0 Å². The van der Waals surface area contributed by atoms with E-state index in [0.717, 1.165) is 17.2 Å². The molecule has 3 rings (SSSR count). The minimum atomic E-state index is 0.126. The number of rotatable bonds is 6. The van der Waals surface area contributed by atoms with Crippen LogP contribution in [-0.2, 0) is 5.41 Å². The van der Waals surface area contributed by atoms with Gasteiger partial charge in [0, 0.05) is 23.5 Å². The van der Waals surface area contributed by atoms with Gasteiger partial charge in [-0.25, -0.2) is 9.97 Å². The van der Waals surface area contributed by atoms with Gasteiger partial charge >= 0.3 is 0 Å². The Morgan fingerprint density at radius 2 is 1.28 bits per heavy atom. The number of aryl methyl sites for hydroxylation is 1. The third-order valence-corrected chi connectivity index (χ3v) is 4.52. The molecule has 2 N–H and O–H groups in total. The topological polar surface area (TPSA) is 68.3 Å².